The monoisotopic (exact) mass is 324 g/mol. The first-order valence-electron chi connectivity index (χ1n) is 8.41. The molecular weight excluding hydrogens is 304 g/mol. The second-order valence-electron chi connectivity index (χ2n) is 6.21. The van der Waals surface area contributed by atoms with Gasteiger partial charge in [-0.3, -0.25) is 4.90 Å². The summed E-state index contributed by atoms with van der Waals surface area (Å²) in [5.41, 5.74) is 2.24. The van der Waals surface area contributed by atoms with E-state index in [4.69, 9.17) is 9.05 Å². The molecule has 2 aromatic heterocycles. The second kappa shape index (κ2) is 6.97. The molecule has 0 saturated carbocycles. The van der Waals surface area contributed by atoms with Crippen LogP contribution < -0.4 is 0 Å². The zero-order valence-corrected chi connectivity index (χ0v) is 13.5. The van der Waals surface area contributed by atoms with Gasteiger partial charge in [-0.05, 0) is 43.6 Å². The molecule has 3 aromatic rings. The molecule has 1 fully saturated rings. The van der Waals surface area contributed by atoms with Gasteiger partial charge in [0.05, 0.1) is 12.6 Å². The Morgan fingerprint density at radius 3 is 2.79 bits per heavy atom. The third-order valence-electron chi connectivity index (χ3n) is 4.32. The Balaban J connectivity index is 1.47. The first-order valence-corrected chi connectivity index (χ1v) is 8.41. The van der Waals surface area contributed by atoms with Crippen molar-refractivity contribution in [1.29, 1.82) is 0 Å². The van der Waals surface area contributed by atoms with Crippen LogP contribution in [0.15, 0.2) is 45.6 Å². The topological polar surface area (TPSA) is 68.2 Å². The van der Waals surface area contributed by atoms with Crippen molar-refractivity contribution in [3.05, 3.63) is 53.7 Å². The van der Waals surface area contributed by atoms with Gasteiger partial charge >= 0.3 is 0 Å². The van der Waals surface area contributed by atoms with E-state index in [2.05, 4.69) is 38.4 Å². The number of hydrogen-bond donors (Lipinski definition) is 0. The van der Waals surface area contributed by atoms with E-state index in [0.717, 1.165) is 17.9 Å². The van der Waals surface area contributed by atoms with Crippen LogP contribution in [0.2, 0.25) is 0 Å². The molecule has 3 heterocycles. The van der Waals surface area contributed by atoms with E-state index in [1.165, 1.54) is 37.9 Å². The quantitative estimate of drug-likeness (QED) is 0.717. The summed E-state index contributed by atoms with van der Waals surface area (Å²) < 4.78 is 10.5. The molecule has 0 unspecified atom stereocenters. The predicted molar refractivity (Wildman–Crippen MR) is 88.2 cm³/mol. The lowest BCUT2D eigenvalue weighted by Crippen LogP contribution is -2.29. The fourth-order valence-electron chi connectivity index (χ4n) is 3.11. The maximum Gasteiger partial charge on any atom is 0.257 e. The highest BCUT2D eigenvalue weighted by Crippen LogP contribution is 2.21. The molecule has 4 rings (SSSR count). The standard InChI is InChI=1S/C18H20N4O2/c1-2-9-22(10-3-1)13-14-5-4-6-15(11-14)18-20-17(21-24-18)12-16-7-8-19-23-16/h4-8,11H,1-3,9-10,12-13H2. The van der Waals surface area contributed by atoms with E-state index in [-0.39, 0.29) is 0 Å². The highest BCUT2D eigenvalue weighted by molar-refractivity contribution is 5.54. The van der Waals surface area contributed by atoms with Crippen LogP contribution in [0.1, 0.15) is 36.4 Å². The molecular formula is C18H20N4O2. The van der Waals surface area contributed by atoms with Gasteiger partial charge in [0, 0.05) is 18.2 Å². The normalized spacial score (nSPS) is 15.7. The molecule has 0 N–H and O–H groups in total. The Morgan fingerprint density at radius 2 is 1.96 bits per heavy atom. The van der Waals surface area contributed by atoms with Crippen LogP contribution in [-0.4, -0.2) is 33.3 Å². The van der Waals surface area contributed by atoms with Gasteiger partial charge in [0.15, 0.2) is 5.82 Å². The zero-order chi connectivity index (χ0) is 16.2. The average molecular weight is 324 g/mol. The lowest BCUT2D eigenvalue weighted by atomic mass is 10.1. The summed E-state index contributed by atoms with van der Waals surface area (Å²) in [5, 5.41) is 7.71. The SMILES string of the molecule is c1cc(CN2CCCCC2)cc(-c2nc(Cc3ccno3)no2)c1. The Bertz CT molecular complexity index is 776. The van der Waals surface area contributed by atoms with E-state index in [9.17, 15) is 0 Å². The van der Waals surface area contributed by atoms with Crippen molar-refractivity contribution in [3.8, 4) is 11.5 Å². The van der Waals surface area contributed by atoms with E-state index in [1.807, 2.05) is 6.07 Å². The van der Waals surface area contributed by atoms with E-state index >= 15 is 0 Å². The van der Waals surface area contributed by atoms with Crippen LogP contribution in [0.4, 0.5) is 0 Å². The number of aromatic nitrogens is 3. The molecule has 0 radical (unpaired) electrons. The minimum absolute atomic E-state index is 0.483. The molecule has 24 heavy (non-hydrogen) atoms. The lowest BCUT2D eigenvalue weighted by Gasteiger charge is -2.26. The van der Waals surface area contributed by atoms with Crippen molar-refractivity contribution in [2.75, 3.05) is 13.1 Å². The molecule has 0 atom stereocenters. The minimum atomic E-state index is 0.483. The van der Waals surface area contributed by atoms with Crippen molar-refractivity contribution in [2.24, 2.45) is 0 Å². The number of piperidine rings is 1. The van der Waals surface area contributed by atoms with Crippen LogP contribution in [0.5, 0.6) is 0 Å². The van der Waals surface area contributed by atoms with Crippen LogP contribution in [-0.2, 0) is 13.0 Å². The molecule has 1 aliphatic heterocycles. The molecule has 6 heteroatoms. The van der Waals surface area contributed by atoms with Crippen LogP contribution in [0, 0.1) is 0 Å². The Morgan fingerprint density at radius 1 is 1.04 bits per heavy atom. The summed E-state index contributed by atoms with van der Waals surface area (Å²) >= 11 is 0. The van der Waals surface area contributed by atoms with Crippen molar-refractivity contribution < 1.29 is 9.05 Å². The average Bonchev–Trinajstić information content (AvgIpc) is 3.29. The summed E-state index contributed by atoms with van der Waals surface area (Å²) in [6, 6.07) is 10.2. The number of benzene rings is 1. The van der Waals surface area contributed by atoms with Crippen LogP contribution >= 0.6 is 0 Å². The Hall–Kier alpha value is -2.47. The molecule has 6 nitrogen and oxygen atoms in total. The number of rotatable bonds is 5. The summed E-state index contributed by atoms with van der Waals surface area (Å²) in [6.07, 6.45) is 6.05. The summed E-state index contributed by atoms with van der Waals surface area (Å²) in [7, 11) is 0. The number of likely N-dealkylation sites (tertiary alicyclic amines) is 1. The largest absolute Gasteiger partial charge is 0.361 e. The highest BCUT2D eigenvalue weighted by Gasteiger charge is 2.13. The first-order chi connectivity index (χ1) is 11.9. The molecule has 0 spiro atoms. The van der Waals surface area contributed by atoms with Crippen molar-refractivity contribution in [3.63, 3.8) is 0 Å². The van der Waals surface area contributed by atoms with Gasteiger partial charge in [-0.25, -0.2) is 0 Å². The zero-order valence-electron chi connectivity index (χ0n) is 13.5. The Kier molecular flexibility index (Phi) is 4.38. The van der Waals surface area contributed by atoms with Gasteiger partial charge in [-0.2, -0.15) is 4.98 Å². The van der Waals surface area contributed by atoms with Crippen molar-refractivity contribution in [1.82, 2.24) is 20.2 Å². The maximum absolute atomic E-state index is 5.41. The third kappa shape index (κ3) is 3.54. The van der Waals surface area contributed by atoms with Gasteiger partial charge in [0.25, 0.3) is 5.89 Å². The van der Waals surface area contributed by atoms with Gasteiger partial charge in [-0.15, -0.1) is 0 Å². The third-order valence-corrected chi connectivity index (χ3v) is 4.32. The van der Waals surface area contributed by atoms with E-state index in [0.29, 0.717) is 18.1 Å². The van der Waals surface area contributed by atoms with Gasteiger partial charge in [-0.1, -0.05) is 28.9 Å². The lowest BCUT2D eigenvalue weighted by molar-refractivity contribution is 0.221. The highest BCUT2D eigenvalue weighted by atomic mass is 16.5. The minimum Gasteiger partial charge on any atom is -0.361 e. The van der Waals surface area contributed by atoms with Gasteiger partial charge in [0.2, 0.25) is 0 Å². The maximum atomic E-state index is 5.41. The first kappa shape index (κ1) is 15.1. The fraction of sp³-hybridized carbons (Fsp3) is 0.389. The molecule has 1 aliphatic rings. The number of nitrogens with zero attached hydrogens (tertiary/aromatic N) is 4. The van der Waals surface area contributed by atoms with Crippen LogP contribution in [0.3, 0.4) is 0 Å². The predicted octanol–water partition coefficient (Wildman–Crippen LogP) is 3.30. The number of hydrogen-bond acceptors (Lipinski definition) is 6. The van der Waals surface area contributed by atoms with E-state index < -0.39 is 0 Å². The van der Waals surface area contributed by atoms with Crippen molar-refractivity contribution >= 4 is 0 Å². The summed E-state index contributed by atoms with van der Waals surface area (Å²) in [5.74, 6) is 1.87. The molecule has 0 bridgehead atoms. The Labute approximate surface area is 140 Å². The molecule has 124 valence electrons. The summed E-state index contributed by atoms with van der Waals surface area (Å²) in [6.45, 7) is 3.35. The molecule has 1 saturated heterocycles. The second-order valence-corrected chi connectivity index (χ2v) is 6.21. The molecule has 0 amide bonds. The smallest absolute Gasteiger partial charge is 0.257 e. The van der Waals surface area contributed by atoms with E-state index in [1.54, 1.807) is 12.3 Å². The molecule has 0 aliphatic carbocycles. The van der Waals surface area contributed by atoms with Crippen LogP contribution in [0.25, 0.3) is 11.5 Å². The molecule has 1 aromatic carbocycles. The fourth-order valence-corrected chi connectivity index (χ4v) is 3.11. The van der Waals surface area contributed by atoms with Gasteiger partial charge < -0.3 is 9.05 Å². The summed E-state index contributed by atoms with van der Waals surface area (Å²) in [4.78, 5) is 6.97. The van der Waals surface area contributed by atoms with Gasteiger partial charge in [0.1, 0.15) is 5.76 Å². The van der Waals surface area contributed by atoms with Crippen molar-refractivity contribution in [2.45, 2.75) is 32.2 Å².